The molecule has 4 nitrogen and oxygen atoms in total. The Balaban J connectivity index is 1.69. The Kier molecular flexibility index (Phi) is 4.26. The third-order valence-electron chi connectivity index (χ3n) is 4.12. The number of nitrogens with one attached hydrogen (secondary N) is 3. The maximum atomic E-state index is 11.6. The van der Waals surface area contributed by atoms with Crippen molar-refractivity contribution in [2.45, 2.75) is 51.0 Å². The molecule has 0 radical (unpaired) electrons. The molecule has 0 aromatic heterocycles. The second-order valence-corrected chi connectivity index (χ2v) is 5.59. The molecule has 4 heteroatoms. The normalized spacial score (nSPS) is 31.2. The van der Waals surface area contributed by atoms with Crippen LogP contribution in [-0.4, -0.2) is 31.2 Å². The summed E-state index contributed by atoms with van der Waals surface area (Å²) in [6.45, 7) is 4.83. The Morgan fingerprint density at radius 2 is 2.35 bits per heavy atom. The van der Waals surface area contributed by atoms with E-state index in [2.05, 4.69) is 22.9 Å². The van der Waals surface area contributed by atoms with E-state index in [0.717, 1.165) is 38.4 Å². The zero-order valence-electron chi connectivity index (χ0n) is 10.8. The van der Waals surface area contributed by atoms with Crippen LogP contribution in [0.3, 0.4) is 0 Å². The van der Waals surface area contributed by atoms with Gasteiger partial charge in [0.2, 0.25) is 0 Å². The molecule has 2 aliphatic rings. The van der Waals surface area contributed by atoms with E-state index < -0.39 is 0 Å². The van der Waals surface area contributed by atoms with Crippen molar-refractivity contribution in [2.75, 3.05) is 19.6 Å². The summed E-state index contributed by atoms with van der Waals surface area (Å²) in [4.78, 5) is 11.6. The molecule has 1 heterocycles. The lowest BCUT2D eigenvalue weighted by molar-refractivity contribution is 0.228. The maximum absolute atomic E-state index is 11.6. The first-order valence-corrected chi connectivity index (χ1v) is 7.01. The van der Waals surface area contributed by atoms with E-state index in [4.69, 9.17) is 0 Å². The lowest BCUT2D eigenvalue weighted by atomic mass is 9.80. The first kappa shape index (κ1) is 12.7. The van der Waals surface area contributed by atoms with Crippen molar-refractivity contribution in [2.24, 2.45) is 5.92 Å². The number of hydrogen-bond donors (Lipinski definition) is 3. The van der Waals surface area contributed by atoms with Crippen LogP contribution in [0.2, 0.25) is 0 Å². The number of carbonyl (C=O) groups is 1. The summed E-state index contributed by atoms with van der Waals surface area (Å²) in [7, 11) is 0. The second-order valence-electron chi connectivity index (χ2n) is 5.59. The highest BCUT2D eigenvalue weighted by Crippen LogP contribution is 2.36. The Labute approximate surface area is 104 Å². The highest BCUT2D eigenvalue weighted by atomic mass is 16.2. The summed E-state index contributed by atoms with van der Waals surface area (Å²) in [5, 5.41) is 9.53. The fourth-order valence-corrected chi connectivity index (χ4v) is 3.10. The van der Waals surface area contributed by atoms with E-state index >= 15 is 0 Å². The van der Waals surface area contributed by atoms with Crippen molar-refractivity contribution in [3.8, 4) is 0 Å². The van der Waals surface area contributed by atoms with Gasteiger partial charge in [0.15, 0.2) is 0 Å². The number of rotatable bonds is 5. The smallest absolute Gasteiger partial charge is 0.314 e. The maximum Gasteiger partial charge on any atom is 0.314 e. The average Bonchev–Trinajstić information content (AvgIpc) is 2.63. The van der Waals surface area contributed by atoms with Crippen LogP contribution in [0.25, 0.3) is 0 Å². The summed E-state index contributed by atoms with van der Waals surface area (Å²) >= 11 is 0. The number of fused-ring (bicyclic) bond motifs is 2. The van der Waals surface area contributed by atoms with Gasteiger partial charge in [0.25, 0.3) is 0 Å². The molecule has 0 aromatic rings. The fraction of sp³-hybridized carbons (Fsp3) is 0.923. The van der Waals surface area contributed by atoms with E-state index in [1.54, 1.807) is 0 Å². The molecular weight excluding hydrogens is 214 g/mol. The molecule has 2 atom stereocenters. The molecular formula is C13H25N3O. The predicted molar refractivity (Wildman–Crippen MR) is 69.0 cm³/mol. The summed E-state index contributed by atoms with van der Waals surface area (Å²) in [6, 6.07) is -0.0105. The largest absolute Gasteiger partial charge is 0.338 e. The Morgan fingerprint density at radius 1 is 1.47 bits per heavy atom. The van der Waals surface area contributed by atoms with Gasteiger partial charge < -0.3 is 16.0 Å². The lowest BCUT2D eigenvalue weighted by Crippen LogP contribution is -2.52. The van der Waals surface area contributed by atoms with Crippen LogP contribution in [0, 0.1) is 5.92 Å². The molecule has 0 spiro atoms. The Morgan fingerprint density at radius 3 is 3.18 bits per heavy atom. The van der Waals surface area contributed by atoms with Crippen LogP contribution < -0.4 is 16.0 Å². The molecule has 98 valence electrons. The molecule has 2 bridgehead atoms. The van der Waals surface area contributed by atoms with Crippen molar-refractivity contribution in [3.63, 3.8) is 0 Å². The van der Waals surface area contributed by atoms with Gasteiger partial charge in [-0.05, 0) is 38.1 Å². The summed E-state index contributed by atoms with van der Waals surface area (Å²) in [6.07, 6.45) is 7.28. The topological polar surface area (TPSA) is 53.2 Å². The third kappa shape index (κ3) is 3.35. The van der Waals surface area contributed by atoms with Gasteiger partial charge in [0.1, 0.15) is 0 Å². The average molecular weight is 239 g/mol. The van der Waals surface area contributed by atoms with Gasteiger partial charge >= 0.3 is 6.03 Å². The van der Waals surface area contributed by atoms with Gasteiger partial charge in [-0.15, -0.1) is 0 Å². The Hall–Kier alpha value is -0.770. The van der Waals surface area contributed by atoms with Crippen molar-refractivity contribution in [1.82, 2.24) is 16.0 Å². The molecule has 17 heavy (non-hydrogen) atoms. The number of urea groups is 1. The van der Waals surface area contributed by atoms with Crippen LogP contribution in [-0.2, 0) is 0 Å². The number of carbonyl (C=O) groups excluding carboxylic acids is 1. The quantitative estimate of drug-likeness (QED) is 0.639. The molecule has 1 aliphatic carbocycles. The van der Waals surface area contributed by atoms with E-state index in [1.165, 1.54) is 25.7 Å². The van der Waals surface area contributed by atoms with E-state index in [1.807, 2.05) is 0 Å². The van der Waals surface area contributed by atoms with Gasteiger partial charge in [-0.25, -0.2) is 4.79 Å². The predicted octanol–water partition coefficient (Wildman–Crippen LogP) is 1.62. The summed E-state index contributed by atoms with van der Waals surface area (Å²) < 4.78 is 0. The molecule has 0 aromatic carbocycles. The van der Waals surface area contributed by atoms with Crippen molar-refractivity contribution < 1.29 is 4.79 Å². The molecule has 1 aliphatic heterocycles. The molecule has 2 rings (SSSR count). The van der Waals surface area contributed by atoms with Crippen molar-refractivity contribution >= 4 is 6.03 Å². The number of hydrogen-bond acceptors (Lipinski definition) is 2. The van der Waals surface area contributed by atoms with Crippen LogP contribution in [0.5, 0.6) is 0 Å². The first-order valence-electron chi connectivity index (χ1n) is 7.01. The van der Waals surface area contributed by atoms with Gasteiger partial charge in [0, 0.05) is 18.6 Å². The highest BCUT2D eigenvalue weighted by Gasteiger charge is 2.41. The number of unbranched alkanes of at least 4 members (excludes halogenated alkanes) is 1. The minimum Gasteiger partial charge on any atom is -0.338 e. The zero-order chi connectivity index (χ0) is 12.1. The molecule has 2 unspecified atom stereocenters. The molecule has 1 saturated heterocycles. The van der Waals surface area contributed by atoms with Crippen LogP contribution in [0.1, 0.15) is 45.4 Å². The first-order chi connectivity index (χ1) is 8.24. The van der Waals surface area contributed by atoms with Gasteiger partial charge in [0.05, 0.1) is 0 Å². The van der Waals surface area contributed by atoms with Crippen molar-refractivity contribution in [1.29, 1.82) is 0 Å². The SMILES string of the molecule is CCCCNC(=O)NCC12CCCC(CN1)C2. The minimum absolute atomic E-state index is 0.0105. The van der Waals surface area contributed by atoms with Crippen LogP contribution in [0.15, 0.2) is 0 Å². The molecule has 3 N–H and O–H groups in total. The highest BCUT2D eigenvalue weighted by molar-refractivity contribution is 5.73. The summed E-state index contributed by atoms with van der Waals surface area (Å²) in [5.41, 5.74) is 0.199. The van der Waals surface area contributed by atoms with E-state index in [0.29, 0.717) is 0 Å². The third-order valence-corrected chi connectivity index (χ3v) is 4.12. The minimum atomic E-state index is -0.0105. The van der Waals surface area contributed by atoms with Gasteiger partial charge in [-0.3, -0.25) is 0 Å². The fourth-order valence-electron chi connectivity index (χ4n) is 3.10. The summed E-state index contributed by atoms with van der Waals surface area (Å²) in [5.74, 6) is 0.841. The van der Waals surface area contributed by atoms with Gasteiger partial charge in [-0.1, -0.05) is 19.8 Å². The number of amides is 2. The molecule has 1 saturated carbocycles. The van der Waals surface area contributed by atoms with E-state index in [-0.39, 0.29) is 11.6 Å². The van der Waals surface area contributed by atoms with Gasteiger partial charge in [-0.2, -0.15) is 0 Å². The van der Waals surface area contributed by atoms with Crippen LogP contribution in [0.4, 0.5) is 4.79 Å². The molecule has 2 fully saturated rings. The molecule has 2 amide bonds. The monoisotopic (exact) mass is 239 g/mol. The lowest BCUT2D eigenvalue weighted by Gasteiger charge is -2.33. The van der Waals surface area contributed by atoms with Crippen molar-refractivity contribution in [3.05, 3.63) is 0 Å². The van der Waals surface area contributed by atoms with Crippen LogP contribution >= 0.6 is 0 Å². The Bertz CT molecular complexity index is 265. The standard InChI is InChI=1S/C13H25N3O/c1-2-3-7-14-12(17)15-10-13-6-4-5-11(8-13)9-16-13/h11,16H,2-10H2,1H3,(H2,14,15,17). The van der Waals surface area contributed by atoms with E-state index in [9.17, 15) is 4.79 Å². The zero-order valence-corrected chi connectivity index (χ0v) is 10.8. The second kappa shape index (κ2) is 5.71.